The molecule has 0 aliphatic heterocycles. The number of nitriles is 1. The van der Waals surface area contributed by atoms with Gasteiger partial charge in [0.1, 0.15) is 0 Å². The van der Waals surface area contributed by atoms with Gasteiger partial charge in [-0.05, 0) is 52.5 Å². The Balaban J connectivity index is 2.08. The first-order valence-corrected chi connectivity index (χ1v) is 8.86. The molecule has 24 heavy (non-hydrogen) atoms. The predicted octanol–water partition coefficient (Wildman–Crippen LogP) is 3.72. The maximum Gasteiger partial charge on any atom is 0.258 e. The van der Waals surface area contributed by atoms with Gasteiger partial charge in [0.2, 0.25) is 0 Å². The lowest BCUT2D eigenvalue weighted by Gasteiger charge is -2.24. The van der Waals surface area contributed by atoms with E-state index >= 15 is 0 Å². The van der Waals surface area contributed by atoms with Gasteiger partial charge in [0.15, 0.2) is 5.11 Å². The van der Waals surface area contributed by atoms with Crippen LogP contribution in [0.4, 0.5) is 0 Å². The van der Waals surface area contributed by atoms with Crippen LogP contribution in [0.25, 0.3) is 0 Å². The summed E-state index contributed by atoms with van der Waals surface area (Å²) in [7, 11) is 0. The van der Waals surface area contributed by atoms with Gasteiger partial charge in [-0.1, -0.05) is 42.5 Å². The van der Waals surface area contributed by atoms with E-state index in [1.807, 2.05) is 53.4 Å². The Morgan fingerprint density at radius 3 is 2.50 bits per heavy atom. The summed E-state index contributed by atoms with van der Waals surface area (Å²) in [6.07, 6.45) is 0.339. The van der Waals surface area contributed by atoms with Gasteiger partial charge in [-0.15, -0.1) is 0 Å². The molecular weight excluding hydrogens is 433 g/mol. The lowest BCUT2D eigenvalue weighted by molar-refractivity contribution is 0.0972. The second kappa shape index (κ2) is 9.35. The predicted molar refractivity (Wildman–Crippen MR) is 106 cm³/mol. The molecule has 0 aliphatic rings. The first-order valence-electron chi connectivity index (χ1n) is 7.37. The monoisotopic (exact) mass is 449 g/mol. The molecule has 1 N–H and O–H groups in total. The number of benzene rings is 2. The molecule has 6 heteroatoms. The van der Waals surface area contributed by atoms with Crippen molar-refractivity contribution in [3.8, 4) is 6.07 Å². The van der Waals surface area contributed by atoms with Crippen molar-refractivity contribution in [2.45, 2.75) is 13.0 Å². The van der Waals surface area contributed by atoms with Crippen LogP contribution in [0.15, 0.2) is 54.6 Å². The summed E-state index contributed by atoms with van der Waals surface area (Å²) in [5.74, 6) is -0.236. The standard InChI is InChI=1S/C18H16IN3OS/c19-16-10-5-4-9-15(16)17(23)21-18(24)22(12-6-11-20)13-14-7-2-1-3-8-14/h1-5,7-10H,6,12-13H2,(H,21,23,24). The van der Waals surface area contributed by atoms with Gasteiger partial charge in [-0.25, -0.2) is 0 Å². The van der Waals surface area contributed by atoms with Crippen LogP contribution in [-0.4, -0.2) is 22.5 Å². The Hall–Kier alpha value is -1.98. The van der Waals surface area contributed by atoms with Crippen LogP contribution in [0.2, 0.25) is 0 Å². The molecule has 122 valence electrons. The quantitative estimate of drug-likeness (QED) is 0.559. The highest BCUT2D eigenvalue weighted by Crippen LogP contribution is 2.12. The van der Waals surface area contributed by atoms with Crippen molar-refractivity contribution in [1.29, 1.82) is 5.26 Å². The van der Waals surface area contributed by atoms with Crippen molar-refractivity contribution < 1.29 is 4.79 Å². The van der Waals surface area contributed by atoms with E-state index in [0.29, 0.717) is 30.2 Å². The van der Waals surface area contributed by atoms with Gasteiger partial charge in [0, 0.05) is 16.7 Å². The number of hydrogen-bond donors (Lipinski definition) is 1. The van der Waals surface area contributed by atoms with Crippen LogP contribution in [0.3, 0.4) is 0 Å². The van der Waals surface area contributed by atoms with Gasteiger partial charge in [-0.3, -0.25) is 10.1 Å². The van der Waals surface area contributed by atoms with Crippen molar-refractivity contribution in [3.63, 3.8) is 0 Å². The zero-order valence-electron chi connectivity index (χ0n) is 12.9. The molecule has 2 rings (SSSR count). The van der Waals surface area contributed by atoms with Gasteiger partial charge in [0.25, 0.3) is 5.91 Å². The molecule has 0 spiro atoms. The number of nitrogens with one attached hydrogen (secondary N) is 1. The first-order chi connectivity index (χ1) is 11.6. The summed E-state index contributed by atoms with van der Waals surface area (Å²) in [4.78, 5) is 14.2. The van der Waals surface area contributed by atoms with Crippen LogP contribution in [0, 0.1) is 14.9 Å². The Morgan fingerprint density at radius 1 is 1.17 bits per heavy atom. The van der Waals surface area contributed by atoms with Crippen molar-refractivity contribution in [2.24, 2.45) is 0 Å². The Morgan fingerprint density at radius 2 is 1.83 bits per heavy atom. The number of amides is 1. The van der Waals surface area contributed by atoms with Gasteiger partial charge >= 0.3 is 0 Å². The van der Waals surface area contributed by atoms with Crippen LogP contribution in [0.5, 0.6) is 0 Å². The van der Waals surface area contributed by atoms with Crippen molar-refractivity contribution >= 4 is 45.8 Å². The minimum absolute atomic E-state index is 0.236. The SMILES string of the molecule is N#CCCN(Cc1ccccc1)C(=S)NC(=O)c1ccccc1I. The highest BCUT2D eigenvalue weighted by molar-refractivity contribution is 14.1. The molecule has 0 saturated heterocycles. The van der Waals surface area contributed by atoms with Crippen LogP contribution < -0.4 is 5.32 Å². The molecule has 0 fully saturated rings. The fourth-order valence-electron chi connectivity index (χ4n) is 2.13. The number of halogens is 1. The fraction of sp³-hybridized carbons (Fsp3) is 0.167. The second-order valence-electron chi connectivity index (χ2n) is 5.05. The van der Waals surface area contributed by atoms with Crippen molar-refractivity contribution in [2.75, 3.05) is 6.54 Å². The van der Waals surface area contributed by atoms with E-state index in [1.165, 1.54) is 0 Å². The molecule has 0 aliphatic carbocycles. The second-order valence-corrected chi connectivity index (χ2v) is 6.60. The molecule has 0 saturated carbocycles. The third-order valence-corrected chi connectivity index (χ3v) is 4.64. The zero-order valence-corrected chi connectivity index (χ0v) is 15.9. The summed E-state index contributed by atoms with van der Waals surface area (Å²) < 4.78 is 0.863. The smallest absolute Gasteiger partial charge is 0.258 e. The average Bonchev–Trinajstić information content (AvgIpc) is 2.59. The van der Waals surface area contributed by atoms with E-state index in [1.54, 1.807) is 6.07 Å². The highest BCUT2D eigenvalue weighted by Gasteiger charge is 2.15. The molecule has 0 unspecified atom stereocenters. The number of rotatable bonds is 5. The highest BCUT2D eigenvalue weighted by atomic mass is 127. The summed E-state index contributed by atoms with van der Waals surface area (Å²) in [6.45, 7) is 1.02. The molecule has 0 radical (unpaired) electrons. The normalized spacial score (nSPS) is 9.83. The third-order valence-electron chi connectivity index (χ3n) is 3.34. The topological polar surface area (TPSA) is 56.1 Å². The van der Waals surface area contributed by atoms with Gasteiger partial charge in [0.05, 0.1) is 18.1 Å². The molecule has 0 atom stereocenters. The van der Waals surface area contributed by atoms with Gasteiger partial charge < -0.3 is 4.90 Å². The molecular formula is C18H16IN3OS. The Kier molecular flexibility index (Phi) is 7.15. The summed E-state index contributed by atoms with van der Waals surface area (Å²) >= 11 is 7.51. The number of hydrogen-bond acceptors (Lipinski definition) is 3. The maximum atomic E-state index is 12.4. The van der Waals surface area contributed by atoms with E-state index in [4.69, 9.17) is 17.5 Å². The Labute approximate surface area is 160 Å². The first kappa shape index (κ1) is 18.4. The average molecular weight is 449 g/mol. The van der Waals surface area contributed by atoms with Gasteiger partial charge in [-0.2, -0.15) is 5.26 Å². The maximum absolute atomic E-state index is 12.4. The van der Waals surface area contributed by atoms with E-state index in [-0.39, 0.29) is 5.91 Å². The molecule has 0 bridgehead atoms. The number of carbonyl (C=O) groups is 1. The molecule has 0 aromatic heterocycles. The molecule has 1 amide bonds. The third kappa shape index (κ3) is 5.28. The van der Waals surface area contributed by atoms with E-state index in [0.717, 1.165) is 9.13 Å². The molecule has 2 aromatic rings. The van der Waals surface area contributed by atoms with Crippen molar-refractivity contribution in [1.82, 2.24) is 10.2 Å². The lowest BCUT2D eigenvalue weighted by atomic mass is 10.2. The fourth-order valence-corrected chi connectivity index (χ4v) is 3.01. The van der Waals surface area contributed by atoms with Crippen LogP contribution in [0.1, 0.15) is 22.3 Å². The molecule has 2 aromatic carbocycles. The molecule has 0 heterocycles. The number of thiocarbonyl (C=S) groups is 1. The number of nitrogens with zero attached hydrogens (tertiary/aromatic N) is 2. The summed E-state index contributed by atoms with van der Waals surface area (Å²) in [6, 6.07) is 19.3. The summed E-state index contributed by atoms with van der Waals surface area (Å²) in [5, 5.41) is 12.0. The number of carbonyl (C=O) groups excluding carboxylic acids is 1. The van der Waals surface area contributed by atoms with E-state index in [9.17, 15) is 4.79 Å². The lowest BCUT2D eigenvalue weighted by Crippen LogP contribution is -2.42. The Bertz CT molecular complexity index is 758. The largest absolute Gasteiger partial charge is 0.344 e. The van der Waals surface area contributed by atoms with Crippen LogP contribution in [-0.2, 0) is 6.54 Å². The zero-order chi connectivity index (χ0) is 17.4. The van der Waals surface area contributed by atoms with E-state index < -0.39 is 0 Å². The minimum Gasteiger partial charge on any atom is -0.344 e. The van der Waals surface area contributed by atoms with E-state index in [2.05, 4.69) is 34.0 Å². The minimum atomic E-state index is -0.236. The summed E-state index contributed by atoms with van der Waals surface area (Å²) in [5.41, 5.74) is 1.65. The van der Waals surface area contributed by atoms with Crippen molar-refractivity contribution in [3.05, 3.63) is 69.3 Å². The molecule has 4 nitrogen and oxygen atoms in total. The van der Waals surface area contributed by atoms with Crippen LogP contribution >= 0.6 is 34.8 Å².